The highest BCUT2D eigenvalue weighted by Crippen LogP contribution is 2.32. The molecular formula is C43H52N16O. The maximum absolute atomic E-state index is 10.3. The lowest BCUT2D eigenvalue weighted by Crippen LogP contribution is -2.60. The lowest BCUT2D eigenvalue weighted by Gasteiger charge is -2.46. The first-order chi connectivity index (χ1) is 28.7. The highest BCUT2D eigenvalue weighted by molar-refractivity contribution is 5.84. The molecule has 0 radical (unpaired) electrons. The van der Waals surface area contributed by atoms with E-state index in [1.807, 2.05) is 43.3 Å². The van der Waals surface area contributed by atoms with Gasteiger partial charge in [-0.05, 0) is 95.0 Å². The Balaban J connectivity index is 0.000000167. The minimum absolute atomic E-state index is 0.0289. The van der Waals surface area contributed by atoms with Gasteiger partial charge in [0, 0.05) is 66.7 Å². The molecule has 9 rings (SSSR count). The van der Waals surface area contributed by atoms with Crippen LogP contribution in [0.4, 0.5) is 11.6 Å². The Morgan fingerprint density at radius 1 is 0.767 bits per heavy atom. The van der Waals surface area contributed by atoms with Crippen molar-refractivity contribution in [3.05, 3.63) is 79.3 Å². The minimum Gasteiger partial charge on any atom is -0.505 e. The maximum atomic E-state index is 10.3. The third kappa shape index (κ3) is 9.20. The number of hydrogen-bond acceptors (Lipinski definition) is 15. The number of aromatic nitrogens is 13. The molecule has 7 aromatic rings. The zero-order valence-electron chi connectivity index (χ0n) is 35.4. The molecule has 2 atom stereocenters. The van der Waals surface area contributed by atoms with Crippen molar-refractivity contribution in [2.75, 3.05) is 23.3 Å². The first kappa shape index (κ1) is 40.3. The molecule has 2 aliphatic heterocycles. The summed E-state index contributed by atoms with van der Waals surface area (Å²) < 4.78 is 1.83. The molecule has 2 saturated heterocycles. The van der Waals surface area contributed by atoms with Crippen molar-refractivity contribution in [2.24, 2.45) is 18.9 Å². The Morgan fingerprint density at radius 2 is 1.45 bits per heavy atom. The zero-order chi connectivity index (χ0) is 42.2. The van der Waals surface area contributed by atoms with Crippen LogP contribution in [-0.2, 0) is 7.05 Å². The van der Waals surface area contributed by atoms with Crippen molar-refractivity contribution in [1.29, 1.82) is 0 Å². The van der Waals surface area contributed by atoms with E-state index < -0.39 is 0 Å². The summed E-state index contributed by atoms with van der Waals surface area (Å²) in [5.74, 6) is 3.52. The first-order valence-corrected chi connectivity index (χ1v) is 20.3. The van der Waals surface area contributed by atoms with E-state index in [4.69, 9.17) is 0 Å². The predicted octanol–water partition coefficient (Wildman–Crippen LogP) is 6.22. The average molecular weight is 809 g/mol. The normalized spacial score (nSPS) is 18.8. The largest absolute Gasteiger partial charge is 0.505 e. The molecule has 3 N–H and O–H groups in total. The minimum atomic E-state index is -0.0656. The van der Waals surface area contributed by atoms with E-state index >= 15 is 0 Å². The smallest absolute Gasteiger partial charge is 0.204 e. The van der Waals surface area contributed by atoms with E-state index in [0.717, 1.165) is 65.0 Å². The summed E-state index contributed by atoms with van der Waals surface area (Å²) in [6.45, 7) is 17.4. The molecule has 0 bridgehead atoms. The van der Waals surface area contributed by atoms with Gasteiger partial charge in [0.15, 0.2) is 17.3 Å². The molecule has 2 fully saturated rings. The highest BCUT2D eigenvalue weighted by Gasteiger charge is 2.37. The predicted molar refractivity (Wildman–Crippen MR) is 230 cm³/mol. The number of piperidine rings is 2. The van der Waals surface area contributed by atoms with Crippen LogP contribution in [0.15, 0.2) is 73.7 Å². The lowest BCUT2D eigenvalue weighted by molar-refractivity contribution is 0.170. The van der Waals surface area contributed by atoms with E-state index in [1.54, 1.807) is 24.8 Å². The summed E-state index contributed by atoms with van der Waals surface area (Å²) in [5.41, 5.74) is 5.82. The van der Waals surface area contributed by atoms with Crippen LogP contribution < -0.4 is 15.5 Å². The van der Waals surface area contributed by atoms with Crippen LogP contribution in [0.5, 0.6) is 5.75 Å². The van der Waals surface area contributed by atoms with E-state index in [2.05, 4.69) is 131 Å². The molecule has 6 aromatic heterocycles. The number of rotatable bonds is 7. The van der Waals surface area contributed by atoms with Crippen LogP contribution in [0.1, 0.15) is 66.4 Å². The van der Waals surface area contributed by atoms with Crippen molar-refractivity contribution < 1.29 is 5.11 Å². The van der Waals surface area contributed by atoms with E-state index in [-0.39, 0.29) is 34.4 Å². The molecule has 2 aliphatic rings. The topological polar surface area (TPSA) is 199 Å². The Hall–Kier alpha value is -6.49. The first-order valence-electron chi connectivity index (χ1n) is 20.3. The van der Waals surface area contributed by atoms with E-state index in [9.17, 15) is 5.11 Å². The van der Waals surface area contributed by atoms with Gasteiger partial charge in [0.05, 0.1) is 36.5 Å². The van der Waals surface area contributed by atoms with Crippen LogP contribution in [0.25, 0.3) is 50.8 Å². The number of benzene rings is 1. The van der Waals surface area contributed by atoms with Crippen LogP contribution in [-0.4, -0.2) is 100 Å². The maximum Gasteiger partial charge on any atom is 0.204 e. The van der Waals surface area contributed by atoms with E-state index in [1.165, 1.54) is 17.3 Å². The van der Waals surface area contributed by atoms with Crippen LogP contribution >= 0.6 is 0 Å². The quantitative estimate of drug-likeness (QED) is 0.164. The number of fused-ring (bicyclic) bond motifs is 1. The second kappa shape index (κ2) is 16.3. The molecule has 0 amide bonds. The van der Waals surface area contributed by atoms with Crippen molar-refractivity contribution in [3.63, 3.8) is 0 Å². The van der Waals surface area contributed by atoms with Crippen molar-refractivity contribution >= 4 is 22.5 Å². The SMILES string of the molecule is CC1(C)CC(Nc2cnc(-c3ncc(-n4nccn4)cc3O)nn2)CC(C)(C)N1.Cc1cc(-c2ccc3nn(C)cc3c2)cnc1-c1ncc(N2C[C@H](C)C[C@H](C)C2)nn1. The molecule has 0 spiro atoms. The Bertz CT molecular complexity index is 2540. The van der Waals surface area contributed by atoms with Crippen LogP contribution in [0.2, 0.25) is 0 Å². The van der Waals surface area contributed by atoms with Gasteiger partial charge in [0.2, 0.25) is 11.6 Å². The Kier molecular flexibility index (Phi) is 10.9. The molecule has 310 valence electrons. The lowest BCUT2D eigenvalue weighted by atomic mass is 9.79. The summed E-state index contributed by atoms with van der Waals surface area (Å²) in [5, 5.41) is 48.3. The molecule has 0 aliphatic carbocycles. The molecule has 8 heterocycles. The number of pyridine rings is 2. The highest BCUT2D eigenvalue weighted by atomic mass is 16.3. The Morgan fingerprint density at radius 3 is 2.10 bits per heavy atom. The third-order valence-corrected chi connectivity index (χ3v) is 10.8. The third-order valence-electron chi connectivity index (χ3n) is 10.8. The van der Waals surface area contributed by atoms with Gasteiger partial charge < -0.3 is 20.6 Å². The van der Waals surface area contributed by atoms with Crippen LogP contribution in [0.3, 0.4) is 0 Å². The fourth-order valence-corrected chi connectivity index (χ4v) is 8.82. The van der Waals surface area contributed by atoms with Crippen LogP contribution in [0, 0.1) is 18.8 Å². The van der Waals surface area contributed by atoms with E-state index in [0.29, 0.717) is 29.2 Å². The second-order valence-corrected chi connectivity index (χ2v) is 17.6. The molecule has 60 heavy (non-hydrogen) atoms. The van der Waals surface area contributed by atoms with Gasteiger partial charge in [-0.25, -0.2) is 15.0 Å². The summed E-state index contributed by atoms with van der Waals surface area (Å²) >= 11 is 0. The monoisotopic (exact) mass is 808 g/mol. The summed E-state index contributed by atoms with van der Waals surface area (Å²) in [7, 11) is 1.94. The summed E-state index contributed by atoms with van der Waals surface area (Å²) in [6.07, 6.45) is 15.2. The number of hydrogen-bond donors (Lipinski definition) is 3. The standard InChI is InChI=1S/C24H27N7.C19H25N9O/c1-15-7-16(2)13-31(12-15)22-11-26-24(28-27-22)23-17(3)8-19(10-25-23)18-5-6-21-20(9-18)14-30(4)29-21;1-18(2)8-12(9-19(3,4)27-18)24-15-11-21-17(26-25-15)16-14(29)7-13(10-20-16)28-22-5-6-23-28/h5-6,8-11,14-16H,7,12-13H2,1-4H3;5-7,10-12,27,29H,8-9H2,1-4H3,(H,24,25)/t15-,16+;. The fourth-order valence-electron chi connectivity index (χ4n) is 8.82. The van der Waals surface area contributed by atoms with Crippen molar-refractivity contribution in [2.45, 2.75) is 84.8 Å². The molecule has 0 saturated carbocycles. The van der Waals surface area contributed by atoms with Crippen molar-refractivity contribution in [3.8, 4) is 45.6 Å². The van der Waals surface area contributed by atoms with Gasteiger partial charge in [-0.2, -0.15) is 15.3 Å². The molecule has 17 heteroatoms. The number of nitrogens with zero attached hydrogens (tertiary/aromatic N) is 14. The molecule has 17 nitrogen and oxygen atoms in total. The van der Waals surface area contributed by atoms with Gasteiger partial charge in [-0.15, -0.1) is 25.2 Å². The number of nitrogens with one attached hydrogen (secondary N) is 2. The molecule has 0 unspecified atom stereocenters. The van der Waals surface area contributed by atoms with Crippen molar-refractivity contribution in [1.82, 2.24) is 70.4 Å². The second-order valence-electron chi connectivity index (χ2n) is 17.6. The average Bonchev–Trinajstić information content (AvgIpc) is 3.87. The fraction of sp³-hybridized carbons (Fsp3) is 0.419. The van der Waals surface area contributed by atoms with Gasteiger partial charge in [-0.1, -0.05) is 19.9 Å². The summed E-state index contributed by atoms with van der Waals surface area (Å²) in [4.78, 5) is 21.5. The molecular weight excluding hydrogens is 757 g/mol. The number of aryl methyl sites for hydroxylation is 2. The van der Waals surface area contributed by atoms with Gasteiger partial charge in [-0.3, -0.25) is 9.67 Å². The zero-order valence-corrected chi connectivity index (χ0v) is 35.4. The Labute approximate surface area is 349 Å². The molecule has 1 aromatic carbocycles. The van der Waals surface area contributed by atoms with Gasteiger partial charge in [0.25, 0.3) is 0 Å². The van der Waals surface area contributed by atoms with Gasteiger partial charge in [0.1, 0.15) is 17.1 Å². The number of aromatic hydroxyl groups is 1. The summed E-state index contributed by atoms with van der Waals surface area (Å²) in [6, 6.07) is 10.2. The number of anilines is 2. The van der Waals surface area contributed by atoms with Gasteiger partial charge >= 0.3 is 0 Å².